The van der Waals surface area contributed by atoms with Crippen molar-refractivity contribution in [3.05, 3.63) is 59.2 Å². The number of amides is 1. The molecule has 5 rings (SSSR count). The number of H-pyrrole nitrogens is 1. The van der Waals surface area contributed by atoms with Gasteiger partial charge in [0.2, 0.25) is 0 Å². The maximum absolute atomic E-state index is 12.5. The van der Waals surface area contributed by atoms with Gasteiger partial charge in [0, 0.05) is 22.8 Å². The molecule has 0 fully saturated rings. The first-order chi connectivity index (χ1) is 13.7. The van der Waals surface area contributed by atoms with Crippen molar-refractivity contribution in [2.45, 2.75) is 6.54 Å². The van der Waals surface area contributed by atoms with Crippen LogP contribution in [0.15, 0.2) is 47.3 Å². The zero-order valence-corrected chi connectivity index (χ0v) is 14.9. The summed E-state index contributed by atoms with van der Waals surface area (Å²) in [5.41, 5.74) is 2.08. The number of hydrogen-bond acceptors (Lipinski definition) is 7. The molecule has 0 aliphatic heterocycles. The molecular weight excluding hydrogens is 384 g/mol. The van der Waals surface area contributed by atoms with Crippen LogP contribution < -0.4 is 5.32 Å². The quantitative estimate of drug-likeness (QED) is 0.478. The zero-order chi connectivity index (χ0) is 19.1. The lowest BCUT2D eigenvalue weighted by atomic mass is 10.1. The van der Waals surface area contributed by atoms with Gasteiger partial charge < -0.3 is 9.73 Å². The van der Waals surface area contributed by atoms with Crippen molar-refractivity contribution in [3.63, 3.8) is 0 Å². The van der Waals surface area contributed by atoms with Crippen LogP contribution in [0.25, 0.3) is 28.0 Å². The van der Waals surface area contributed by atoms with Gasteiger partial charge in [-0.1, -0.05) is 11.6 Å². The molecule has 0 aliphatic carbocycles. The normalized spacial score (nSPS) is 11.3. The topological polar surface area (TPSA) is 127 Å². The fourth-order valence-electron chi connectivity index (χ4n) is 2.96. The van der Waals surface area contributed by atoms with Crippen LogP contribution >= 0.6 is 11.6 Å². The van der Waals surface area contributed by atoms with E-state index in [1.807, 2.05) is 6.07 Å². The molecule has 0 bridgehead atoms. The summed E-state index contributed by atoms with van der Waals surface area (Å²) in [7, 11) is 0. The molecule has 10 nitrogen and oxygen atoms in total. The molecule has 4 heterocycles. The highest BCUT2D eigenvalue weighted by atomic mass is 35.5. The van der Waals surface area contributed by atoms with Gasteiger partial charge in [0.05, 0.1) is 18.3 Å². The summed E-state index contributed by atoms with van der Waals surface area (Å²) in [6.07, 6.45) is 4.81. The molecule has 0 saturated carbocycles. The SMILES string of the molecule is O=C(NCc1cc2cc(Cl)cc(-c3nnn[nH]3)c2o1)c1cnn2cccnc12. The Bertz CT molecular complexity index is 1310. The molecule has 0 aliphatic rings. The van der Waals surface area contributed by atoms with Crippen molar-refractivity contribution in [3.8, 4) is 11.4 Å². The predicted molar refractivity (Wildman–Crippen MR) is 98.6 cm³/mol. The number of furan rings is 1. The average Bonchev–Trinajstić information content (AvgIpc) is 3.43. The third kappa shape index (κ3) is 2.76. The lowest BCUT2D eigenvalue weighted by Gasteiger charge is -2.01. The smallest absolute Gasteiger partial charge is 0.257 e. The van der Waals surface area contributed by atoms with E-state index in [1.165, 1.54) is 10.7 Å². The summed E-state index contributed by atoms with van der Waals surface area (Å²) in [4.78, 5) is 16.7. The number of carbonyl (C=O) groups is 1. The van der Waals surface area contributed by atoms with E-state index < -0.39 is 0 Å². The van der Waals surface area contributed by atoms with Crippen LogP contribution in [0, 0.1) is 0 Å². The lowest BCUT2D eigenvalue weighted by Crippen LogP contribution is -2.22. The number of carbonyl (C=O) groups excluding carboxylic acids is 1. The van der Waals surface area contributed by atoms with Gasteiger partial charge in [0.25, 0.3) is 5.91 Å². The Morgan fingerprint density at radius 3 is 3.11 bits per heavy atom. The van der Waals surface area contributed by atoms with Gasteiger partial charge >= 0.3 is 0 Å². The highest BCUT2D eigenvalue weighted by molar-refractivity contribution is 6.31. The van der Waals surface area contributed by atoms with Crippen LogP contribution in [-0.2, 0) is 6.54 Å². The maximum atomic E-state index is 12.5. The van der Waals surface area contributed by atoms with E-state index in [0.29, 0.717) is 39.0 Å². The van der Waals surface area contributed by atoms with Gasteiger partial charge in [-0.25, -0.2) is 14.6 Å². The molecule has 2 N–H and O–H groups in total. The second-order valence-corrected chi connectivity index (χ2v) is 6.40. The van der Waals surface area contributed by atoms with E-state index in [4.69, 9.17) is 16.0 Å². The van der Waals surface area contributed by atoms with Gasteiger partial charge in [0.1, 0.15) is 16.9 Å². The Morgan fingerprint density at radius 1 is 1.32 bits per heavy atom. The van der Waals surface area contributed by atoms with E-state index in [9.17, 15) is 4.79 Å². The minimum Gasteiger partial charge on any atom is -0.458 e. The highest BCUT2D eigenvalue weighted by Crippen LogP contribution is 2.32. The molecule has 28 heavy (non-hydrogen) atoms. The molecule has 4 aromatic heterocycles. The van der Waals surface area contributed by atoms with E-state index in [0.717, 1.165) is 5.39 Å². The van der Waals surface area contributed by atoms with E-state index in [-0.39, 0.29) is 12.5 Å². The van der Waals surface area contributed by atoms with Crippen molar-refractivity contribution in [2.24, 2.45) is 0 Å². The van der Waals surface area contributed by atoms with Crippen LogP contribution in [0.3, 0.4) is 0 Å². The van der Waals surface area contributed by atoms with Crippen molar-refractivity contribution in [1.29, 1.82) is 0 Å². The largest absolute Gasteiger partial charge is 0.458 e. The first-order valence-corrected chi connectivity index (χ1v) is 8.59. The molecule has 0 spiro atoms. The van der Waals surface area contributed by atoms with Crippen molar-refractivity contribution < 1.29 is 9.21 Å². The van der Waals surface area contributed by atoms with Crippen molar-refractivity contribution >= 4 is 34.1 Å². The standard InChI is InChI=1S/C17H11ClN8O2/c18-10-4-9-5-11(28-14(9)12(6-10)15-22-24-25-23-15)7-20-17(27)13-8-21-26-3-1-2-19-16(13)26/h1-6,8H,7H2,(H,20,27)(H,22,23,24,25). The van der Waals surface area contributed by atoms with Crippen LogP contribution in [0.2, 0.25) is 5.02 Å². The Labute approximate surface area is 161 Å². The maximum Gasteiger partial charge on any atom is 0.257 e. The summed E-state index contributed by atoms with van der Waals surface area (Å²) >= 11 is 6.19. The number of rotatable bonds is 4. The molecule has 1 aromatic carbocycles. The summed E-state index contributed by atoms with van der Waals surface area (Å²) in [6, 6.07) is 7.03. The number of hydrogen-bond donors (Lipinski definition) is 2. The summed E-state index contributed by atoms with van der Waals surface area (Å²) in [5.74, 6) is 0.700. The number of aromatic amines is 1. The van der Waals surface area contributed by atoms with E-state index >= 15 is 0 Å². The van der Waals surface area contributed by atoms with Crippen molar-refractivity contribution in [2.75, 3.05) is 0 Å². The van der Waals surface area contributed by atoms with Crippen LogP contribution in [0.4, 0.5) is 0 Å². The molecule has 5 aromatic rings. The number of fused-ring (bicyclic) bond motifs is 2. The fourth-order valence-corrected chi connectivity index (χ4v) is 3.18. The molecule has 11 heteroatoms. The molecule has 0 radical (unpaired) electrons. The average molecular weight is 395 g/mol. The minimum absolute atomic E-state index is 0.184. The van der Waals surface area contributed by atoms with E-state index in [1.54, 1.807) is 30.6 Å². The molecule has 0 unspecified atom stereocenters. The summed E-state index contributed by atoms with van der Waals surface area (Å²) in [5, 5.41) is 22.0. The molecular formula is C17H11ClN8O2. The zero-order valence-electron chi connectivity index (χ0n) is 14.1. The number of halogens is 1. The van der Waals surface area contributed by atoms with Gasteiger partial charge in [-0.3, -0.25) is 4.79 Å². The van der Waals surface area contributed by atoms with Crippen LogP contribution in [0.1, 0.15) is 16.1 Å². The molecule has 138 valence electrons. The van der Waals surface area contributed by atoms with Crippen molar-refractivity contribution in [1.82, 2.24) is 40.5 Å². The Hall–Kier alpha value is -3.79. The monoisotopic (exact) mass is 394 g/mol. The lowest BCUT2D eigenvalue weighted by molar-refractivity contribution is 0.0949. The number of nitrogens with one attached hydrogen (secondary N) is 2. The Kier molecular flexibility index (Phi) is 3.76. The molecule has 0 saturated heterocycles. The van der Waals surface area contributed by atoms with Gasteiger partial charge in [-0.05, 0) is 34.7 Å². The fraction of sp³-hybridized carbons (Fsp3) is 0.0588. The third-order valence-electron chi connectivity index (χ3n) is 4.18. The second-order valence-electron chi connectivity index (χ2n) is 5.96. The van der Waals surface area contributed by atoms with Crippen LogP contribution in [-0.4, -0.2) is 41.1 Å². The highest BCUT2D eigenvalue weighted by Gasteiger charge is 2.17. The minimum atomic E-state index is -0.299. The number of nitrogens with zero attached hydrogens (tertiary/aromatic N) is 6. The molecule has 1 amide bonds. The van der Waals surface area contributed by atoms with Gasteiger partial charge in [-0.15, -0.1) is 5.10 Å². The van der Waals surface area contributed by atoms with E-state index in [2.05, 4.69) is 36.0 Å². The van der Waals surface area contributed by atoms with Gasteiger partial charge in [0.15, 0.2) is 11.5 Å². The van der Waals surface area contributed by atoms with Crippen LogP contribution in [0.5, 0.6) is 0 Å². The summed E-state index contributed by atoms with van der Waals surface area (Å²) < 4.78 is 7.45. The third-order valence-corrected chi connectivity index (χ3v) is 4.40. The predicted octanol–water partition coefficient (Wildman–Crippen LogP) is 2.24. The number of aromatic nitrogens is 7. The Morgan fingerprint density at radius 2 is 2.25 bits per heavy atom. The molecule has 0 atom stereocenters. The first kappa shape index (κ1) is 16.4. The second kappa shape index (κ2) is 6.43. The number of benzene rings is 1. The van der Waals surface area contributed by atoms with Gasteiger partial charge in [-0.2, -0.15) is 5.10 Å². The Balaban J connectivity index is 1.43. The number of tetrazole rings is 1. The summed E-state index contributed by atoms with van der Waals surface area (Å²) in [6.45, 7) is 0.184. The first-order valence-electron chi connectivity index (χ1n) is 8.21.